The van der Waals surface area contributed by atoms with Gasteiger partial charge in [-0.3, -0.25) is 4.79 Å². The van der Waals surface area contributed by atoms with Gasteiger partial charge in [0.25, 0.3) is 0 Å². The molecule has 0 saturated heterocycles. The lowest BCUT2D eigenvalue weighted by Crippen LogP contribution is -2.37. The quantitative estimate of drug-likeness (QED) is 0.692. The van der Waals surface area contributed by atoms with Gasteiger partial charge in [0, 0.05) is 6.42 Å². The zero-order valence-corrected chi connectivity index (χ0v) is 9.26. The molecule has 0 unspecified atom stereocenters. The van der Waals surface area contributed by atoms with Gasteiger partial charge in [0.1, 0.15) is 5.60 Å². The lowest BCUT2D eigenvalue weighted by Gasteiger charge is -2.25. The van der Waals surface area contributed by atoms with Crippen molar-refractivity contribution in [1.29, 1.82) is 0 Å². The Bertz CT molecular complexity index is 163. The molecule has 0 spiro atoms. The van der Waals surface area contributed by atoms with Crippen LogP contribution in [-0.4, -0.2) is 16.5 Å². The lowest BCUT2D eigenvalue weighted by atomic mass is 9.86. The monoisotopic (exact) mass is 186 g/mol. The smallest absolute Gasteiger partial charge is 0.164 e. The average molecular weight is 186 g/mol. The van der Waals surface area contributed by atoms with Crippen molar-refractivity contribution in [3.63, 3.8) is 0 Å². The minimum Gasteiger partial charge on any atom is -0.382 e. The second-order valence-electron chi connectivity index (χ2n) is 4.09. The third kappa shape index (κ3) is 3.90. The molecule has 0 aromatic carbocycles. The van der Waals surface area contributed by atoms with E-state index in [1.54, 1.807) is 6.92 Å². The second kappa shape index (κ2) is 5.38. The average Bonchev–Trinajstić information content (AvgIpc) is 2.12. The third-order valence-corrected chi connectivity index (χ3v) is 2.56. The number of aliphatic hydroxyl groups is 1. The summed E-state index contributed by atoms with van der Waals surface area (Å²) < 4.78 is 0. The van der Waals surface area contributed by atoms with Crippen molar-refractivity contribution in [3.05, 3.63) is 0 Å². The Kier molecular flexibility index (Phi) is 5.23. The Morgan fingerprint density at radius 3 is 2.23 bits per heavy atom. The molecule has 1 atom stereocenters. The predicted molar refractivity (Wildman–Crippen MR) is 54.6 cm³/mol. The van der Waals surface area contributed by atoms with E-state index >= 15 is 0 Å². The number of carbonyl (C=O) groups is 1. The van der Waals surface area contributed by atoms with Gasteiger partial charge in [-0.05, 0) is 25.2 Å². The molecule has 0 aromatic rings. The van der Waals surface area contributed by atoms with E-state index in [2.05, 4.69) is 13.8 Å². The Hall–Kier alpha value is -0.370. The number of carbonyl (C=O) groups excluding carboxylic acids is 1. The van der Waals surface area contributed by atoms with Crippen molar-refractivity contribution in [2.45, 2.75) is 59.0 Å². The fourth-order valence-electron chi connectivity index (χ4n) is 1.37. The summed E-state index contributed by atoms with van der Waals surface area (Å²) in [5.74, 6) is 0.526. The lowest BCUT2D eigenvalue weighted by molar-refractivity contribution is -0.138. The first-order chi connectivity index (χ1) is 5.96. The number of hydrogen-bond donors (Lipinski definition) is 1. The minimum absolute atomic E-state index is 0.0179. The summed E-state index contributed by atoms with van der Waals surface area (Å²) in [5.41, 5.74) is -1.06. The van der Waals surface area contributed by atoms with E-state index in [0.717, 1.165) is 6.42 Å². The van der Waals surface area contributed by atoms with Gasteiger partial charge in [-0.25, -0.2) is 0 Å². The van der Waals surface area contributed by atoms with Crippen LogP contribution in [0.5, 0.6) is 0 Å². The molecule has 0 aromatic heterocycles. The van der Waals surface area contributed by atoms with E-state index in [4.69, 9.17) is 0 Å². The highest BCUT2D eigenvalue weighted by atomic mass is 16.3. The first-order valence-corrected chi connectivity index (χ1v) is 5.22. The Morgan fingerprint density at radius 2 is 1.92 bits per heavy atom. The van der Waals surface area contributed by atoms with E-state index in [1.807, 2.05) is 6.92 Å². The van der Waals surface area contributed by atoms with Crippen LogP contribution in [-0.2, 0) is 4.79 Å². The van der Waals surface area contributed by atoms with Crippen LogP contribution in [0.15, 0.2) is 0 Å². The summed E-state index contributed by atoms with van der Waals surface area (Å²) >= 11 is 0. The van der Waals surface area contributed by atoms with E-state index in [9.17, 15) is 9.90 Å². The maximum Gasteiger partial charge on any atom is 0.164 e. The number of rotatable bonds is 6. The summed E-state index contributed by atoms with van der Waals surface area (Å²) in [6.07, 6.45) is 2.48. The molecule has 2 nitrogen and oxygen atoms in total. The van der Waals surface area contributed by atoms with Gasteiger partial charge in [0.05, 0.1) is 0 Å². The van der Waals surface area contributed by atoms with Gasteiger partial charge in [-0.1, -0.05) is 27.7 Å². The van der Waals surface area contributed by atoms with Crippen molar-refractivity contribution in [3.8, 4) is 0 Å². The molecule has 0 aliphatic rings. The normalized spacial score (nSPS) is 15.8. The van der Waals surface area contributed by atoms with Crippen molar-refractivity contribution in [2.75, 3.05) is 0 Å². The molecular weight excluding hydrogens is 164 g/mol. The molecule has 0 rings (SSSR count). The van der Waals surface area contributed by atoms with E-state index in [0.29, 0.717) is 25.2 Å². The van der Waals surface area contributed by atoms with Crippen LogP contribution in [0.3, 0.4) is 0 Å². The molecule has 0 fully saturated rings. The van der Waals surface area contributed by atoms with Gasteiger partial charge >= 0.3 is 0 Å². The zero-order valence-electron chi connectivity index (χ0n) is 9.26. The summed E-state index contributed by atoms with van der Waals surface area (Å²) in [6.45, 7) is 7.88. The highest BCUT2D eigenvalue weighted by molar-refractivity contribution is 5.86. The Balaban J connectivity index is 4.19. The molecule has 0 amide bonds. The second-order valence-corrected chi connectivity index (χ2v) is 4.09. The van der Waals surface area contributed by atoms with Crippen LogP contribution in [0, 0.1) is 5.92 Å². The highest BCUT2D eigenvalue weighted by Crippen LogP contribution is 2.22. The van der Waals surface area contributed by atoms with Crippen LogP contribution >= 0.6 is 0 Å². The molecule has 0 radical (unpaired) electrons. The molecular formula is C11H22O2. The van der Waals surface area contributed by atoms with Gasteiger partial charge < -0.3 is 5.11 Å². The Labute approximate surface area is 81.3 Å². The van der Waals surface area contributed by atoms with Gasteiger partial charge in [0.15, 0.2) is 5.78 Å². The van der Waals surface area contributed by atoms with Crippen LogP contribution in [0.2, 0.25) is 0 Å². The van der Waals surface area contributed by atoms with Crippen LogP contribution in [0.1, 0.15) is 53.4 Å². The summed E-state index contributed by atoms with van der Waals surface area (Å²) in [4.78, 5) is 11.4. The molecule has 0 heterocycles. The van der Waals surface area contributed by atoms with Crippen LogP contribution in [0.4, 0.5) is 0 Å². The molecule has 0 aliphatic heterocycles. The number of Topliss-reactive ketones (excluding diaryl/α,β-unsaturated/α-hetero) is 1. The standard InChI is InChI=1S/C11H22O2/c1-5-10(12)11(13,6-2)8-7-9(3)4/h9,13H,5-8H2,1-4H3/t11-/m0/s1. The van der Waals surface area contributed by atoms with E-state index < -0.39 is 5.60 Å². The first-order valence-electron chi connectivity index (χ1n) is 5.22. The van der Waals surface area contributed by atoms with Crippen LogP contribution in [0.25, 0.3) is 0 Å². The third-order valence-electron chi connectivity index (χ3n) is 2.56. The summed E-state index contributed by atoms with van der Waals surface area (Å²) in [5, 5.41) is 9.99. The maximum atomic E-state index is 11.4. The molecule has 1 N–H and O–H groups in total. The zero-order chi connectivity index (χ0) is 10.5. The molecule has 0 bridgehead atoms. The molecule has 0 saturated carbocycles. The number of hydrogen-bond acceptors (Lipinski definition) is 2. The maximum absolute atomic E-state index is 11.4. The topological polar surface area (TPSA) is 37.3 Å². The molecule has 2 heteroatoms. The van der Waals surface area contributed by atoms with Gasteiger partial charge in [0.2, 0.25) is 0 Å². The van der Waals surface area contributed by atoms with Gasteiger partial charge in [-0.15, -0.1) is 0 Å². The van der Waals surface area contributed by atoms with Gasteiger partial charge in [-0.2, -0.15) is 0 Å². The number of ketones is 1. The largest absolute Gasteiger partial charge is 0.382 e. The Morgan fingerprint density at radius 1 is 1.38 bits per heavy atom. The van der Waals surface area contributed by atoms with Crippen molar-refractivity contribution in [2.24, 2.45) is 5.92 Å². The summed E-state index contributed by atoms with van der Waals surface area (Å²) in [7, 11) is 0. The van der Waals surface area contributed by atoms with Crippen molar-refractivity contribution in [1.82, 2.24) is 0 Å². The highest BCUT2D eigenvalue weighted by Gasteiger charge is 2.31. The minimum atomic E-state index is -1.06. The van der Waals surface area contributed by atoms with Crippen molar-refractivity contribution < 1.29 is 9.90 Å². The van der Waals surface area contributed by atoms with E-state index in [-0.39, 0.29) is 5.78 Å². The van der Waals surface area contributed by atoms with Crippen LogP contribution < -0.4 is 0 Å². The molecule has 13 heavy (non-hydrogen) atoms. The van der Waals surface area contributed by atoms with Crippen molar-refractivity contribution >= 4 is 5.78 Å². The summed E-state index contributed by atoms with van der Waals surface area (Å²) in [6, 6.07) is 0. The SMILES string of the molecule is CCC(=O)[C@](O)(CC)CCC(C)C. The predicted octanol–water partition coefficient (Wildman–Crippen LogP) is 2.54. The molecule has 78 valence electrons. The first kappa shape index (κ1) is 12.6. The molecule has 0 aliphatic carbocycles. The fraction of sp³-hybridized carbons (Fsp3) is 0.909. The van der Waals surface area contributed by atoms with E-state index in [1.165, 1.54) is 0 Å². The fourth-order valence-corrected chi connectivity index (χ4v) is 1.37.